The van der Waals surface area contributed by atoms with Gasteiger partial charge in [-0.25, -0.2) is 8.42 Å². The van der Waals surface area contributed by atoms with Crippen molar-refractivity contribution in [2.24, 2.45) is 5.73 Å². The van der Waals surface area contributed by atoms with Crippen molar-refractivity contribution < 1.29 is 8.42 Å². The summed E-state index contributed by atoms with van der Waals surface area (Å²) in [5, 5.41) is 0.557. The number of benzene rings is 2. The molecule has 0 aliphatic rings. The number of nitrogens with two attached hydrogens (primary N) is 1. The average molecular weight is 310 g/mol. The van der Waals surface area contributed by atoms with Crippen LogP contribution in [0.3, 0.4) is 0 Å². The first-order valence-electron chi connectivity index (χ1n) is 6.19. The molecule has 2 N–H and O–H groups in total. The zero-order valence-corrected chi connectivity index (χ0v) is 12.7. The van der Waals surface area contributed by atoms with Gasteiger partial charge in [-0.05, 0) is 42.3 Å². The predicted octanol–water partition coefficient (Wildman–Crippen LogP) is 3.08. The molecule has 0 aromatic heterocycles. The normalized spacial score (nSPS) is 11.6. The van der Waals surface area contributed by atoms with Crippen molar-refractivity contribution in [1.82, 2.24) is 0 Å². The molecule has 2 aromatic carbocycles. The first-order valence-corrected chi connectivity index (χ1v) is 8.22. The third-order valence-electron chi connectivity index (χ3n) is 3.11. The van der Waals surface area contributed by atoms with E-state index in [0.29, 0.717) is 15.5 Å². The Kier molecular flexibility index (Phi) is 4.48. The van der Waals surface area contributed by atoms with E-state index in [-0.39, 0.29) is 12.3 Å². The highest BCUT2D eigenvalue weighted by Gasteiger charge is 2.17. The second kappa shape index (κ2) is 5.95. The lowest BCUT2D eigenvalue weighted by Crippen LogP contribution is -2.09. The second-order valence-electron chi connectivity index (χ2n) is 4.69. The van der Waals surface area contributed by atoms with Crippen LogP contribution in [0.2, 0.25) is 5.02 Å². The Morgan fingerprint density at radius 3 is 2.30 bits per heavy atom. The minimum absolute atomic E-state index is 0.0697. The molecular formula is C15H16ClNO2S. The van der Waals surface area contributed by atoms with Crippen LogP contribution in [0.5, 0.6) is 0 Å². The van der Waals surface area contributed by atoms with Crippen LogP contribution in [-0.2, 0) is 22.1 Å². The maximum absolute atomic E-state index is 12.4. The lowest BCUT2D eigenvalue weighted by Gasteiger charge is -2.09. The highest BCUT2D eigenvalue weighted by Crippen LogP contribution is 2.22. The summed E-state index contributed by atoms with van der Waals surface area (Å²) in [6, 6.07) is 11.9. The summed E-state index contributed by atoms with van der Waals surface area (Å²) in [4.78, 5) is 0.320. The Morgan fingerprint density at radius 1 is 1.05 bits per heavy atom. The molecular weight excluding hydrogens is 294 g/mol. The van der Waals surface area contributed by atoms with Crippen LogP contribution in [0, 0.1) is 6.92 Å². The Bertz CT molecular complexity index is 709. The molecule has 3 nitrogen and oxygen atoms in total. The topological polar surface area (TPSA) is 60.2 Å². The summed E-state index contributed by atoms with van der Waals surface area (Å²) in [6.07, 6.45) is 0. The van der Waals surface area contributed by atoms with E-state index in [1.165, 1.54) is 0 Å². The van der Waals surface area contributed by atoms with Crippen molar-refractivity contribution in [2.45, 2.75) is 24.1 Å². The van der Waals surface area contributed by atoms with Gasteiger partial charge >= 0.3 is 0 Å². The quantitative estimate of drug-likeness (QED) is 0.944. The largest absolute Gasteiger partial charge is 0.326 e. The van der Waals surface area contributed by atoms with E-state index in [9.17, 15) is 8.42 Å². The van der Waals surface area contributed by atoms with Crippen molar-refractivity contribution in [3.8, 4) is 0 Å². The number of hydrogen-bond acceptors (Lipinski definition) is 3. The van der Waals surface area contributed by atoms with Gasteiger partial charge in [0.25, 0.3) is 0 Å². The summed E-state index contributed by atoms with van der Waals surface area (Å²) in [5.41, 5.74) is 8.12. The summed E-state index contributed by atoms with van der Waals surface area (Å²) in [5.74, 6) is -0.0697. The van der Waals surface area contributed by atoms with Crippen LogP contribution < -0.4 is 5.73 Å². The van der Waals surface area contributed by atoms with Crippen molar-refractivity contribution in [1.29, 1.82) is 0 Å². The first kappa shape index (κ1) is 15.0. The molecule has 0 fully saturated rings. The third kappa shape index (κ3) is 3.39. The number of halogens is 1. The molecule has 0 aliphatic heterocycles. The van der Waals surface area contributed by atoms with Gasteiger partial charge in [0.2, 0.25) is 0 Å². The zero-order valence-electron chi connectivity index (χ0n) is 11.1. The summed E-state index contributed by atoms with van der Waals surface area (Å²) in [7, 11) is -3.37. The SMILES string of the molecule is Cc1ccc(S(=O)(=O)Cc2ccc(Cl)cc2CN)cc1. The molecule has 2 rings (SSSR count). The monoisotopic (exact) mass is 309 g/mol. The lowest BCUT2D eigenvalue weighted by molar-refractivity contribution is 0.595. The molecule has 0 aliphatic carbocycles. The Labute approximate surface area is 124 Å². The van der Waals surface area contributed by atoms with E-state index in [4.69, 9.17) is 17.3 Å². The van der Waals surface area contributed by atoms with Crippen LogP contribution in [0.25, 0.3) is 0 Å². The van der Waals surface area contributed by atoms with Crippen LogP contribution in [0.1, 0.15) is 16.7 Å². The highest BCUT2D eigenvalue weighted by molar-refractivity contribution is 7.90. The molecule has 0 spiro atoms. The highest BCUT2D eigenvalue weighted by atomic mass is 35.5. The molecule has 106 valence electrons. The maximum atomic E-state index is 12.4. The number of aryl methyl sites for hydroxylation is 1. The fraction of sp³-hybridized carbons (Fsp3) is 0.200. The minimum Gasteiger partial charge on any atom is -0.326 e. The molecule has 0 atom stereocenters. The van der Waals surface area contributed by atoms with Gasteiger partial charge in [-0.2, -0.15) is 0 Å². The summed E-state index contributed by atoms with van der Waals surface area (Å²) < 4.78 is 24.8. The molecule has 20 heavy (non-hydrogen) atoms. The van der Waals surface area contributed by atoms with Gasteiger partial charge in [0.15, 0.2) is 9.84 Å². The van der Waals surface area contributed by atoms with Gasteiger partial charge in [0.05, 0.1) is 10.6 Å². The Balaban J connectivity index is 2.35. The molecule has 0 amide bonds. The Hall–Kier alpha value is -1.36. The van der Waals surface area contributed by atoms with Gasteiger partial charge < -0.3 is 5.73 Å². The fourth-order valence-corrected chi connectivity index (χ4v) is 3.56. The lowest BCUT2D eigenvalue weighted by atomic mass is 10.1. The number of rotatable bonds is 4. The molecule has 0 bridgehead atoms. The molecule has 0 saturated carbocycles. The molecule has 0 heterocycles. The van der Waals surface area contributed by atoms with Crippen LogP contribution in [0.15, 0.2) is 47.4 Å². The van der Waals surface area contributed by atoms with Gasteiger partial charge in [-0.1, -0.05) is 35.4 Å². The van der Waals surface area contributed by atoms with Crippen LogP contribution >= 0.6 is 11.6 Å². The number of sulfone groups is 1. The molecule has 0 saturated heterocycles. The van der Waals surface area contributed by atoms with E-state index >= 15 is 0 Å². The molecule has 2 aromatic rings. The van der Waals surface area contributed by atoms with E-state index < -0.39 is 9.84 Å². The van der Waals surface area contributed by atoms with Crippen molar-refractivity contribution in [3.05, 3.63) is 64.2 Å². The Morgan fingerprint density at radius 2 is 1.70 bits per heavy atom. The van der Waals surface area contributed by atoms with E-state index in [0.717, 1.165) is 11.1 Å². The second-order valence-corrected chi connectivity index (χ2v) is 7.12. The third-order valence-corrected chi connectivity index (χ3v) is 5.03. The van der Waals surface area contributed by atoms with Crippen LogP contribution in [-0.4, -0.2) is 8.42 Å². The zero-order chi connectivity index (χ0) is 14.8. The summed E-state index contributed by atoms with van der Waals surface area (Å²) >= 11 is 5.90. The van der Waals surface area contributed by atoms with E-state index in [1.54, 1.807) is 42.5 Å². The number of hydrogen-bond donors (Lipinski definition) is 1. The average Bonchev–Trinajstić information content (AvgIpc) is 2.41. The molecule has 0 radical (unpaired) electrons. The summed E-state index contributed by atoms with van der Waals surface area (Å²) in [6.45, 7) is 2.18. The predicted molar refractivity (Wildman–Crippen MR) is 81.4 cm³/mol. The van der Waals surface area contributed by atoms with Crippen molar-refractivity contribution in [2.75, 3.05) is 0 Å². The van der Waals surface area contributed by atoms with Crippen molar-refractivity contribution >= 4 is 21.4 Å². The van der Waals surface area contributed by atoms with Crippen LogP contribution in [0.4, 0.5) is 0 Å². The van der Waals surface area contributed by atoms with E-state index in [2.05, 4.69) is 0 Å². The minimum atomic E-state index is -3.37. The van der Waals surface area contributed by atoms with Gasteiger partial charge in [-0.15, -0.1) is 0 Å². The fourth-order valence-electron chi connectivity index (χ4n) is 1.96. The first-order chi connectivity index (χ1) is 9.42. The van der Waals surface area contributed by atoms with Gasteiger partial charge in [0, 0.05) is 11.6 Å². The van der Waals surface area contributed by atoms with Crippen molar-refractivity contribution in [3.63, 3.8) is 0 Å². The van der Waals surface area contributed by atoms with Gasteiger partial charge in [0.1, 0.15) is 0 Å². The van der Waals surface area contributed by atoms with E-state index in [1.807, 2.05) is 6.92 Å². The smallest absolute Gasteiger partial charge is 0.182 e. The standard InChI is InChI=1S/C15H16ClNO2S/c1-11-2-6-15(7-3-11)20(18,19)10-12-4-5-14(16)8-13(12)9-17/h2-8H,9-10,17H2,1H3. The molecule has 0 unspecified atom stereocenters. The molecule has 5 heteroatoms. The maximum Gasteiger partial charge on any atom is 0.182 e. The van der Waals surface area contributed by atoms with Gasteiger partial charge in [-0.3, -0.25) is 0 Å².